The molecule has 0 spiro atoms. The van der Waals surface area contributed by atoms with Crippen molar-refractivity contribution in [1.82, 2.24) is 9.97 Å². The van der Waals surface area contributed by atoms with Crippen LogP contribution in [0.3, 0.4) is 0 Å². The Hall–Kier alpha value is -1.65. The minimum Gasteiger partial charge on any atom is -0.481 e. The third kappa shape index (κ3) is 2.70. The molecule has 1 aromatic rings. The molecule has 0 radical (unpaired) electrons. The standard InChI is InChI=1S/C8H10N2O3/c1-2-13-8-6(3-7(11)12)4-9-5-10-8/h4-5H,2-3H2,1H3,(H,11,12). The third-order valence-corrected chi connectivity index (χ3v) is 1.37. The summed E-state index contributed by atoms with van der Waals surface area (Å²) < 4.78 is 5.12. The molecule has 1 heterocycles. The van der Waals surface area contributed by atoms with E-state index in [1.54, 1.807) is 0 Å². The maximum atomic E-state index is 10.4. The van der Waals surface area contributed by atoms with Crippen LogP contribution in [0.25, 0.3) is 0 Å². The summed E-state index contributed by atoms with van der Waals surface area (Å²) in [6, 6.07) is 0. The van der Waals surface area contributed by atoms with Crippen molar-refractivity contribution in [2.75, 3.05) is 6.61 Å². The highest BCUT2D eigenvalue weighted by molar-refractivity contribution is 5.70. The highest BCUT2D eigenvalue weighted by Crippen LogP contribution is 2.13. The van der Waals surface area contributed by atoms with Gasteiger partial charge in [0, 0.05) is 11.8 Å². The molecule has 0 amide bonds. The van der Waals surface area contributed by atoms with Gasteiger partial charge in [0.25, 0.3) is 0 Å². The van der Waals surface area contributed by atoms with Gasteiger partial charge in [0.05, 0.1) is 13.0 Å². The fraction of sp³-hybridized carbons (Fsp3) is 0.375. The maximum absolute atomic E-state index is 10.4. The van der Waals surface area contributed by atoms with Gasteiger partial charge in [0.15, 0.2) is 0 Å². The van der Waals surface area contributed by atoms with Gasteiger partial charge in [0.2, 0.25) is 5.88 Å². The smallest absolute Gasteiger partial charge is 0.308 e. The highest BCUT2D eigenvalue weighted by atomic mass is 16.5. The van der Waals surface area contributed by atoms with E-state index in [0.717, 1.165) is 0 Å². The molecule has 1 aromatic heterocycles. The van der Waals surface area contributed by atoms with Gasteiger partial charge >= 0.3 is 5.97 Å². The molecule has 0 unspecified atom stereocenters. The van der Waals surface area contributed by atoms with Gasteiger partial charge in [-0.25, -0.2) is 9.97 Å². The van der Waals surface area contributed by atoms with Gasteiger partial charge in [-0.2, -0.15) is 0 Å². The van der Waals surface area contributed by atoms with E-state index in [1.165, 1.54) is 12.5 Å². The first-order valence-electron chi connectivity index (χ1n) is 3.87. The first-order valence-corrected chi connectivity index (χ1v) is 3.87. The van der Waals surface area contributed by atoms with E-state index in [9.17, 15) is 4.79 Å². The average Bonchev–Trinajstić information content (AvgIpc) is 2.08. The molecule has 0 fully saturated rings. The van der Waals surface area contributed by atoms with Crippen molar-refractivity contribution >= 4 is 5.97 Å². The maximum Gasteiger partial charge on any atom is 0.308 e. The minimum atomic E-state index is -0.921. The number of hydrogen-bond donors (Lipinski definition) is 1. The van der Waals surface area contributed by atoms with Crippen LogP contribution < -0.4 is 4.74 Å². The SMILES string of the molecule is CCOc1ncncc1CC(=O)O. The Kier molecular flexibility index (Phi) is 3.19. The fourth-order valence-corrected chi connectivity index (χ4v) is 0.898. The summed E-state index contributed by atoms with van der Waals surface area (Å²) in [6.07, 6.45) is 2.67. The number of nitrogens with zero attached hydrogens (tertiary/aromatic N) is 2. The Morgan fingerprint density at radius 1 is 1.69 bits per heavy atom. The molecule has 5 heteroatoms. The first-order chi connectivity index (χ1) is 6.24. The second kappa shape index (κ2) is 4.39. The Balaban J connectivity index is 2.84. The lowest BCUT2D eigenvalue weighted by atomic mass is 10.2. The van der Waals surface area contributed by atoms with E-state index in [-0.39, 0.29) is 6.42 Å². The van der Waals surface area contributed by atoms with Crippen molar-refractivity contribution in [3.05, 3.63) is 18.1 Å². The number of carboxylic acid groups (broad SMARTS) is 1. The highest BCUT2D eigenvalue weighted by Gasteiger charge is 2.08. The minimum absolute atomic E-state index is 0.115. The second-order valence-electron chi connectivity index (χ2n) is 2.36. The van der Waals surface area contributed by atoms with Gasteiger partial charge in [-0.15, -0.1) is 0 Å². The first kappa shape index (κ1) is 9.44. The quantitative estimate of drug-likeness (QED) is 0.734. The summed E-state index contributed by atoms with van der Waals surface area (Å²) in [5.74, 6) is -0.573. The fourth-order valence-electron chi connectivity index (χ4n) is 0.898. The van der Waals surface area contributed by atoms with E-state index in [2.05, 4.69) is 9.97 Å². The number of carbonyl (C=O) groups is 1. The summed E-state index contributed by atoms with van der Waals surface area (Å²) >= 11 is 0. The molecule has 0 aliphatic rings. The molecular weight excluding hydrogens is 172 g/mol. The molecule has 1 N–H and O–H groups in total. The number of rotatable bonds is 4. The lowest BCUT2D eigenvalue weighted by molar-refractivity contribution is -0.136. The number of aliphatic carboxylic acids is 1. The molecule has 0 saturated heterocycles. The largest absolute Gasteiger partial charge is 0.481 e. The summed E-state index contributed by atoms with van der Waals surface area (Å²) in [7, 11) is 0. The summed E-state index contributed by atoms with van der Waals surface area (Å²) in [5, 5.41) is 8.55. The Labute approximate surface area is 75.4 Å². The van der Waals surface area contributed by atoms with Crippen LogP contribution in [0.2, 0.25) is 0 Å². The van der Waals surface area contributed by atoms with E-state index in [1.807, 2.05) is 6.92 Å². The molecule has 0 aromatic carbocycles. The Morgan fingerprint density at radius 2 is 2.46 bits per heavy atom. The Morgan fingerprint density at radius 3 is 3.08 bits per heavy atom. The van der Waals surface area contributed by atoms with Crippen molar-refractivity contribution < 1.29 is 14.6 Å². The number of aromatic nitrogens is 2. The van der Waals surface area contributed by atoms with E-state index in [0.29, 0.717) is 18.1 Å². The molecule has 0 atom stereocenters. The molecule has 0 saturated carbocycles. The van der Waals surface area contributed by atoms with Crippen molar-refractivity contribution in [1.29, 1.82) is 0 Å². The van der Waals surface area contributed by atoms with Gasteiger partial charge in [-0.1, -0.05) is 0 Å². The summed E-state index contributed by atoms with van der Waals surface area (Å²) in [5.41, 5.74) is 0.497. The van der Waals surface area contributed by atoms with Gasteiger partial charge in [-0.3, -0.25) is 4.79 Å². The number of ether oxygens (including phenoxy) is 1. The van der Waals surface area contributed by atoms with E-state index < -0.39 is 5.97 Å². The predicted octanol–water partition coefficient (Wildman–Crippen LogP) is 0.502. The van der Waals surface area contributed by atoms with Crippen LogP contribution in [0.15, 0.2) is 12.5 Å². The molecular formula is C8H10N2O3. The number of carboxylic acids is 1. The summed E-state index contributed by atoms with van der Waals surface area (Å²) in [6.45, 7) is 2.27. The van der Waals surface area contributed by atoms with Gasteiger partial charge < -0.3 is 9.84 Å². The monoisotopic (exact) mass is 182 g/mol. The normalized spacial score (nSPS) is 9.62. The van der Waals surface area contributed by atoms with Crippen LogP contribution >= 0.6 is 0 Å². The van der Waals surface area contributed by atoms with Gasteiger partial charge in [0.1, 0.15) is 6.33 Å². The van der Waals surface area contributed by atoms with Crippen LogP contribution in [0, 0.1) is 0 Å². The molecule has 0 bridgehead atoms. The van der Waals surface area contributed by atoms with Crippen LogP contribution in [0.1, 0.15) is 12.5 Å². The van der Waals surface area contributed by atoms with Crippen LogP contribution in [0.4, 0.5) is 0 Å². The molecule has 13 heavy (non-hydrogen) atoms. The lowest BCUT2D eigenvalue weighted by Gasteiger charge is -2.04. The zero-order valence-corrected chi connectivity index (χ0v) is 7.23. The lowest BCUT2D eigenvalue weighted by Crippen LogP contribution is -2.05. The third-order valence-electron chi connectivity index (χ3n) is 1.37. The van der Waals surface area contributed by atoms with Crippen molar-refractivity contribution in [3.63, 3.8) is 0 Å². The molecule has 5 nitrogen and oxygen atoms in total. The van der Waals surface area contributed by atoms with Crippen molar-refractivity contribution in [3.8, 4) is 5.88 Å². The average molecular weight is 182 g/mol. The molecule has 70 valence electrons. The van der Waals surface area contributed by atoms with Crippen molar-refractivity contribution in [2.45, 2.75) is 13.3 Å². The molecule has 0 aliphatic carbocycles. The topological polar surface area (TPSA) is 72.3 Å². The molecule has 1 rings (SSSR count). The zero-order valence-electron chi connectivity index (χ0n) is 7.23. The molecule has 0 aliphatic heterocycles. The second-order valence-corrected chi connectivity index (χ2v) is 2.36. The van der Waals surface area contributed by atoms with E-state index >= 15 is 0 Å². The van der Waals surface area contributed by atoms with Crippen LogP contribution in [-0.2, 0) is 11.2 Å². The Bertz CT molecular complexity index is 301. The van der Waals surface area contributed by atoms with Crippen LogP contribution in [0.5, 0.6) is 5.88 Å². The number of hydrogen-bond acceptors (Lipinski definition) is 4. The predicted molar refractivity (Wildman–Crippen MR) is 44.5 cm³/mol. The summed E-state index contributed by atoms with van der Waals surface area (Å²) in [4.78, 5) is 18.0. The zero-order chi connectivity index (χ0) is 9.68. The van der Waals surface area contributed by atoms with E-state index in [4.69, 9.17) is 9.84 Å². The van der Waals surface area contributed by atoms with Crippen LogP contribution in [-0.4, -0.2) is 27.7 Å². The van der Waals surface area contributed by atoms with Gasteiger partial charge in [-0.05, 0) is 6.92 Å². The van der Waals surface area contributed by atoms with Crippen molar-refractivity contribution in [2.24, 2.45) is 0 Å².